The second-order valence-corrected chi connectivity index (χ2v) is 9.14. The highest BCUT2D eigenvalue weighted by Crippen LogP contribution is 2.29. The molecule has 0 aliphatic heterocycles. The molecule has 6 rings (SSSR count). The molecule has 6 aromatic rings. The maximum atomic E-state index is 9.00. The lowest BCUT2D eigenvalue weighted by molar-refractivity contribution is -0.134. The number of benzene rings is 4. The van der Waals surface area contributed by atoms with Gasteiger partial charge in [-0.2, -0.15) is 0 Å². The molecule has 0 aliphatic rings. The number of carboxylic acid groups (broad SMARTS) is 1. The normalized spacial score (nSPS) is 10.7. The Hall–Kier alpha value is -5.77. The Balaban J connectivity index is 0.000000758. The number of carbonyl (C=O) groups is 1. The number of H-pyrrole nitrogens is 2. The molecule has 2 aromatic heterocycles. The highest BCUT2D eigenvalue weighted by Gasteiger charge is 2.10. The minimum absolute atomic E-state index is 0.0442. The predicted molar refractivity (Wildman–Crippen MR) is 157 cm³/mol. The average molecular weight is 531 g/mol. The van der Waals surface area contributed by atoms with Gasteiger partial charge in [0, 0.05) is 29.2 Å². The number of hydrogen-bond donors (Lipinski definition) is 7. The lowest BCUT2D eigenvalue weighted by Crippen LogP contribution is -2.10. The number of amidine groups is 2. The van der Waals surface area contributed by atoms with Gasteiger partial charge < -0.3 is 26.5 Å². The van der Waals surface area contributed by atoms with Crippen LogP contribution in [0.3, 0.4) is 0 Å². The summed E-state index contributed by atoms with van der Waals surface area (Å²) in [5.74, 6) is 0.784. The molecule has 0 unspecified atom stereocenters. The third-order valence-electron chi connectivity index (χ3n) is 6.24. The van der Waals surface area contributed by atoms with Gasteiger partial charge in [0.2, 0.25) is 0 Å². The van der Waals surface area contributed by atoms with Crippen molar-refractivity contribution in [3.63, 3.8) is 0 Å². The van der Waals surface area contributed by atoms with E-state index in [1.807, 2.05) is 60.7 Å². The molecule has 0 saturated heterocycles. The number of hydrogen-bond acceptors (Lipinski definition) is 5. The fourth-order valence-electron chi connectivity index (χ4n) is 4.26. The van der Waals surface area contributed by atoms with Gasteiger partial charge in [-0.05, 0) is 35.4 Å². The first-order chi connectivity index (χ1) is 19.2. The molecule has 10 nitrogen and oxygen atoms in total. The molecule has 40 heavy (non-hydrogen) atoms. The van der Waals surface area contributed by atoms with E-state index in [-0.39, 0.29) is 11.7 Å². The van der Waals surface area contributed by atoms with E-state index in [4.69, 9.17) is 42.2 Å². The van der Waals surface area contributed by atoms with Crippen molar-refractivity contribution in [1.29, 1.82) is 10.8 Å². The minimum Gasteiger partial charge on any atom is -0.481 e. The van der Waals surface area contributed by atoms with Gasteiger partial charge in [0.15, 0.2) is 0 Å². The summed E-state index contributed by atoms with van der Waals surface area (Å²) in [5.41, 5.74) is 20.1. The number of rotatable bonds is 5. The molecule has 10 heteroatoms. The summed E-state index contributed by atoms with van der Waals surface area (Å²) in [7, 11) is 0. The van der Waals surface area contributed by atoms with Gasteiger partial charge in [0.1, 0.15) is 23.3 Å². The Bertz CT molecular complexity index is 1750. The van der Waals surface area contributed by atoms with Gasteiger partial charge in [0.05, 0.1) is 22.1 Å². The van der Waals surface area contributed by atoms with Crippen LogP contribution < -0.4 is 11.5 Å². The molecule has 2 heterocycles. The van der Waals surface area contributed by atoms with E-state index in [9.17, 15) is 0 Å². The molecule has 198 valence electrons. The monoisotopic (exact) mass is 530 g/mol. The zero-order valence-corrected chi connectivity index (χ0v) is 21.5. The first-order valence-electron chi connectivity index (χ1n) is 12.3. The first-order valence-corrected chi connectivity index (χ1v) is 12.3. The number of aromatic nitrogens is 4. The van der Waals surface area contributed by atoms with Gasteiger partial charge in [-0.15, -0.1) is 0 Å². The SMILES string of the molecule is CC(=O)O.N=C(N)c1ccc(-c2nc3cc(-c4ccc5[nH]c(-c6ccc(C(=N)N)cc6)nc5c4)ccc3[nH]2)cc1. The Morgan fingerprint density at radius 3 is 1.30 bits per heavy atom. The fourth-order valence-corrected chi connectivity index (χ4v) is 4.26. The Labute approximate surface area is 228 Å². The zero-order chi connectivity index (χ0) is 28.4. The molecule has 0 fully saturated rings. The van der Waals surface area contributed by atoms with E-state index >= 15 is 0 Å². The number of carboxylic acids is 1. The van der Waals surface area contributed by atoms with Crippen LogP contribution in [-0.4, -0.2) is 42.7 Å². The standard InChI is InChI=1S/C28H22N8.C2H4O2/c29-25(30)15-1-5-17(6-2-15)27-33-21-11-9-19(13-23(21)35-27)20-10-12-22-24(14-20)36-28(34-22)18-7-3-16(4-8-18)26(31)32;1-2(3)4/h1-14H,(H3,29,30)(H3,31,32)(H,33,35)(H,34,36);1H3,(H,3,4). The lowest BCUT2D eigenvalue weighted by atomic mass is 10.0. The van der Waals surface area contributed by atoms with E-state index in [0.717, 1.165) is 62.9 Å². The van der Waals surface area contributed by atoms with E-state index in [1.165, 1.54) is 0 Å². The summed E-state index contributed by atoms with van der Waals surface area (Å²) >= 11 is 0. The van der Waals surface area contributed by atoms with Crippen molar-refractivity contribution in [3.8, 4) is 33.9 Å². The number of aromatic amines is 2. The van der Waals surface area contributed by atoms with Crippen molar-refractivity contribution < 1.29 is 9.90 Å². The minimum atomic E-state index is -0.833. The van der Waals surface area contributed by atoms with Crippen LogP contribution in [0.2, 0.25) is 0 Å². The number of fused-ring (bicyclic) bond motifs is 2. The van der Waals surface area contributed by atoms with Crippen LogP contribution in [0.5, 0.6) is 0 Å². The van der Waals surface area contributed by atoms with E-state index < -0.39 is 5.97 Å². The summed E-state index contributed by atoms with van der Waals surface area (Å²) < 4.78 is 0. The maximum absolute atomic E-state index is 9.00. The summed E-state index contributed by atoms with van der Waals surface area (Å²) in [6.07, 6.45) is 0. The smallest absolute Gasteiger partial charge is 0.300 e. The molecule has 0 atom stereocenters. The number of nitrogen functional groups attached to an aromatic ring is 2. The molecular formula is C30H26N8O2. The second-order valence-electron chi connectivity index (χ2n) is 9.14. The number of aliphatic carboxylic acids is 1. The van der Waals surface area contributed by atoms with E-state index in [1.54, 1.807) is 0 Å². The number of nitrogens with one attached hydrogen (secondary N) is 4. The third kappa shape index (κ3) is 5.41. The van der Waals surface area contributed by atoms with Gasteiger partial charge in [0.25, 0.3) is 5.97 Å². The summed E-state index contributed by atoms with van der Waals surface area (Å²) in [6.45, 7) is 1.08. The van der Waals surface area contributed by atoms with Crippen LogP contribution in [0.4, 0.5) is 0 Å². The molecule has 4 aromatic carbocycles. The van der Waals surface area contributed by atoms with Crippen LogP contribution in [0.25, 0.3) is 56.0 Å². The Kier molecular flexibility index (Phi) is 6.81. The topological polar surface area (TPSA) is 194 Å². The van der Waals surface area contributed by atoms with Crippen LogP contribution in [0, 0.1) is 10.8 Å². The Morgan fingerprint density at radius 1 is 0.650 bits per heavy atom. The molecule has 0 radical (unpaired) electrons. The number of nitrogens with zero attached hydrogens (tertiary/aromatic N) is 2. The van der Waals surface area contributed by atoms with Crippen molar-refractivity contribution in [2.45, 2.75) is 6.92 Å². The first kappa shape index (κ1) is 25.9. The van der Waals surface area contributed by atoms with Gasteiger partial charge in [-0.25, -0.2) is 9.97 Å². The van der Waals surface area contributed by atoms with Crippen LogP contribution in [0.1, 0.15) is 18.1 Å². The number of nitrogens with two attached hydrogens (primary N) is 2. The van der Waals surface area contributed by atoms with E-state index in [2.05, 4.69) is 34.2 Å². The average Bonchev–Trinajstić information content (AvgIpc) is 3.56. The summed E-state index contributed by atoms with van der Waals surface area (Å²) in [5, 5.41) is 22.5. The predicted octanol–water partition coefficient (Wildman–Crippen LogP) is 5.10. The quantitative estimate of drug-likeness (QED) is 0.120. The van der Waals surface area contributed by atoms with Crippen molar-refractivity contribution in [3.05, 3.63) is 96.1 Å². The zero-order valence-electron chi connectivity index (χ0n) is 21.5. The molecule has 9 N–H and O–H groups in total. The number of imidazole rings is 2. The van der Waals surface area contributed by atoms with Gasteiger partial charge >= 0.3 is 0 Å². The van der Waals surface area contributed by atoms with Crippen molar-refractivity contribution in [1.82, 2.24) is 19.9 Å². The Morgan fingerprint density at radius 2 is 0.975 bits per heavy atom. The van der Waals surface area contributed by atoms with Crippen LogP contribution >= 0.6 is 0 Å². The highest BCUT2D eigenvalue weighted by atomic mass is 16.4. The third-order valence-corrected chi connectivity index (χ3v) is 6.24. The van der Waals surface area contributed by atoms with Crippen LogP contribution in [0.15, 0.2) is 84.9 Å². The largest absolute Gasteiger partial charge is 0.481 e. The molecular weight excluding hydrogens is 504 g/mol. The molecule has 0 amide bonds. The van der Waals surface area contributed by atoms with Crippen molar-refractivity contribution in [2.75, 3.05) is 0 Å². The molecule has 0 aliphatic carbocycles. The van der Waals surface area contributed by atoms with Gasteiger partial charge in [-0.3, -0.25) is 15.6 Å². The van der Waals surface area contributed by atoms with Gasteiger partial charge in [-0.1, -0.05) is 60.7 Å². The van der Waals surface area contributed by atoms with E-state index in [0.29, 0.717) is 11.1 Å². The summed E-state index contributed by atoms with van der Waals surface area (Å²) in [6, 6.07) is 27.2. The molecule has 0 bridgehead atoms. The molecule has 0 spiro atoms. The second kappa shape index (κ2) is 10.5. The summed E-state index contributed by atoms with van der Waals surface area (Å²) in [4.78, 5) is 25.3. The molecule has 0 saturated carbocycles. The van der Waals surface area contributed by atoms with Crippen molar-refractivity contribution >= 4 is 39.7 Å². The fraction of sp³-hybridized carbons (Fsp3) is 0.0333. The maximum Gasteiger partial charge on any atom is 0.300 e. The van der Waals surface area contributed by atoms with Crippen LogP contribution in [-0.2, 0) is 4.79 Å². The van der Waals surface area contributed by atoms with Crippen molar-refractivity contribution in [2.24, 2.45) is 11.5 Å². The highest BCUT2D eigenvalue weighted by molar-refractivity contribution is 5.96. The lowest BCUT2D eigenvalue weighted by Gasteiger charge is -2.01.